The van der Waals surface area contributed by atoms with Crippen molar-refractivity contribution in [3.05, 3.63) is 73.8 Å². The zero-order valence-corrected chi connectivity index (χ0v) is 13.9. The molecule has 0 saturated carbocycles. The highest BCUT2D eigenvalue weighted by Crippen LogP contribution is 2.27. The maximum Gasteiger partial charge on any atom is 0.293 e. The van der Waals surface area contributed by atoms with Gasteiger partial charge in [0.1, 0.15) is 5.69 Å². The van der Waals surface area contributed by atoms with Crippen molar-refractivity contribution in [2.45, 2.75) is 0 Å². The molecule has 0 spiro atoms. The molecule has 2 aromatic rings. The molecule has 0 fully saturated rings. The Morgan fingerprint density at radius 3 is 2.46 bits per heavy atom. The lowest BCUT2D eigenvalue weighted by Gasteiger charge is -2.12. The standard InChI is InChI=1S/C16H15N5O5/c1-19(2)14-7-6-11(8-15(14)21(25)26)10-17-18-16(22)12-4-3-5-13(9-12)20(23)24/h3-10H,1-2H3,(H,18,22)/b17-10-. The molecule has 10 nitrogen and oxygen atoms in total. The van der Waals surface area contributed by atoms with Gasteiger partial charge in [-0.05, 0) is 12.1 Å². The minimum Gasteiger partial charge on any atom is -0.372 e. The van der Waals surface area contributed by atoms with Crippen LogP contribution in [0.3, 0.4) is 0 Å². The van der Waals surface area contributed by atoms with E-state index in [4.69, 9.17) is 0 Å². The fourth-order valence-corrected chi connectivity index (χ4v) is 2.14. The van der Waals surface area contributed by atoms with Gasteiger partial charge in [-0.2, -0.15) is 5.10 Å². The first kappa shape index (κ1) is 18.5. The average molecular weight is 357 g/mol. The third-order valence-electron chi connectivity index (χ3n) is 3.38. The molecule has 0 heterocycles. The Kier molecular flexibility index (Phi) is 5.58. The van der Waals surface area contributed by atoms with Gasteiger partial charge in [0.05, 0.1) is 16.1 Å². The largest absolute Gasteiger partial charge is 0.372 e. The van der Waals surface area contributed by atoms with Crippen LogP contribution in [0.2, 0.25) is 0 Å². The van der Waals surface area contributed by atoms with E-state index in [1.54, 1.807) is 31.1 Å². The average Bonchev–Trinajstić information content (AvgIpc) is 2.61. The van der Waals surface area contributed by atoms with Crippen LogP contribution in [-0.2, 0) is 0 Å². The second-order valence-corrected chi connectivity index (χ2v) is 5.41. The molecule has 0 atom stereocenters. The van der Waals surface area contributed by atoms with E-state index >= 15 is 0 Å². The summed E-state index contributed by atoms with van der Waals surface area (Å²) >= 11 is 0. The molecule has 0 aliphatic carbocycles. The summed E-state index contributed by atoms with van der Waals surface area (Å²) in [5.41, 5.74) is 2.85. The lowest BCUT2D eigenvalue weighted by Crippen LogP contribution is -2.17. The summed E-state index contributed by atoms with van der Waals surface area (Å²) in [4.78, 5) is 34.3. The lowest BCUT2D eigenvalue weighted by molar-refractivity contribution is -0.384. The fraction of sp³-hybridized carbons (Fsp3) is 0.125. The number of rotatable bonds is 6. The number of nitro benzene ring substituents is 2. The summed E-state index contributed by atoms with van der Waals surface area (Å²) in [6.07, 6.45) is 1.25. The highest BCUT2D eigenvalue weighted by Gasteiger charge is 2.15. The highest BCUT2D eigenvalue weighted by molar-refractivity contribution is 5.95. The van der Waals surface area contributed by atoms with Crippen LogP contribution in [0, 0.1) is 20.2 Å². The van der Waals surface area contributed by atoms with E-state index in [1.165, 1.54) is 30.5 Å². The first-order valence-corrected chi connectivity index (χ1v) is 7.33. The molecule has 2 rings (SSSR count). The zero-order chi connectivity index (χ0) is 19.3. The molecule has 134 valence electrons. The number of anilines is 1. The van der Waals surface area contributed by atoms with E-state index in [1.807, 2.05) is 0 Å². The van der Waals surface area contributed by atoms with Gasteiger partial charge in [0.15, 0.2) is 0 Å². The highest BCUT2D eigenvalue weighted by atomic mass is 16.6. The Morgan fingerprint density at radius 2 is 1.85 bits per heavy atom. The van der Waals surface area contributed by atoms with Crippen LogP contribution in [-0.4, -0.2) is 36.1 Å². The summed E-state index contributed by atoms with van der Waals surface area (Å²) in [6.45, 7) is 0. The molecule has 2 aromatic carbocycles. The summed E-state index contributed by atoms with van der Waals surface area (Å²) in [6, 6.07) is 9.72. The molecule has 0 radical (unpaired) electrons. The molecule has 1 N–H and O–H groups in total. The molecule has 0 saturated heterocycles. The Morgan fingerprint density at radius 1 is 1.12 bits per heavy atom. The molecule has 0 aliphatic rings. The van der Waals surface area contributed by atoms with Crippen LogP contribution >= 0.6 is 0 Å². The Hall–Kier alpha value is -3.82. The first-order chi connectivity index (χ1) is 12.3. The molecular weight excluding hydrogens is 342 g/mol. The van der Waals surface area contributed by atoms with Gasteiger partial charge in [-0.25, -0.2) is 5.43 Å². The van der Waals surface area contributed by atoms with Gasteiger partial charge in [-0.3, -0.25) is 25.0 Å². The predicted octanol–water partition coefficient (Wildman–Crippen LogP) is 2.33. The summed E-state index contributed by atoms with van der Waals surface area (Å²) in [5, 5.41) is 25.6. The number of hydrogen-bond acceptors (Lipinski definition) is 7. The van der Waals surface area contributed by atoms with Crippen molar-refractivity contribution in [1.29, 1.82) is 0 Å². The van der Waals surface area contributed by atoms with E-state index in [-0.39, 0.29) is 16.9 Å². The number of carbonyl (C=O) groups excluding carboxylic acids is 1. The molecule has 10 heteroatoms. The molecule has 0 aromatic heterocycles. The van der Waals surface area contributed by atoms with Crippen molar-refractivity contribution in [3.63, 3.8) is 0 Å². The minimum absolute atomic E-state index is 0.0743. The van der Waals surface area contributed by atoms with Crippen LogP contribution in [0.15, 0.2) is 47.6 Å². The number of carbonyl (C=O) groups is 1. The smallest absolute Gasteiger partial charge is 0.293 e. The zero-order valence-electron chi connectivity index (χ0n) is 13.9. The Labute approximate surface area is 148 Å². The van der Waals surface area contributed by atoms with Crippen molar-refractivity contribution < 1.29 is 14.6 Å². The van der Waals surface area contributed by atoms with Crippen molar-refractivity contribution in [2.24, 2.45) is 5.10 Å². The Bertz CT molecular complexity index is 894. The van der Waals surface area contributed by atoms with Gasteiger partial charge < -0.3 is 4.90 Å². The maximum absolute atomic E-state index is 12.0. The van der Waals surface area contributed by atoms with Crippen LogP contribution in [0.25, 0.3) is 0 Å². The van der Waals surface area contributed by atoms with Crippen molar-refractivity contribution in [1.82, 2.24) is 5.43 Å². The van der Waals surface area contributed by atoms with Gasteiger partial charge in [-0.1, -0.05) is 12.1 Å². The second kappa shape index (κ2) is 7.83. The number of hydrogen-bond donors (Lipinski definition) is 1. The third kappa shape index (κ3) is 4.38. The van der Waals surface area contributed by atoms with Gasteiger partial charge >= 0.3 is 0 Å². The van der Waals surface area contributed by atoms with Crippen LogP contribution in [0.4, 0.5) is 17.1 Å². The number of benzene rings is 2. The molecule has 1 amide bonds. The summed E-state index contributed by atoms with van der Waals surface area (Å²) in [5.74, 6) is -0.635. The van der Waals surface area contributed by atoms with E-state index in [9.17, 15) is 25.0 Å². The second-order valence-electron chi connectivity index (χ2n) is 5.41. The predicted molar refractivity (Wildman–Crippen MR) is 95.6 cm³/mol. The number of hydrazone groups is 1. The summed E-state index contributed by atoms with van der Waals surface area (Å²) < 4.78 is 0. The van der Waals surface area contributed by atoms with Crippen LogP contribution in [0.5, 0.6) is 0 Å². The first-order valence-electron chi connectivity index (χ1n) is 7.33. The fourth-order valence-electron chi connectivity index (χ4n) is 2.14. The Balaban J connectivity index is 2.14. The minimum atomic E-state index is -0.635. The maximum atomic E-state index is 12.0. The van der Waals surface area contributed by atoms with Crippen molar-refractivity contribution >= 4 is 29.2 Å². The normalized spacial score (nSPS) is 10.5. The molecule has 0 bridgehead atoms. The topological polar surface area (TPSA) is 131 Å². The molecule has 26 heavy (non-hydrogen) atoms. The third-order valence-corrected chi connectivity index (χ3v) is 3.38. The van der Waals surface area contributed by atoms with Crippen LogP contribution in [0.1, 0.15) is 15.9 Å². The molecule has 0 unspecified atom stereocenters. The van der Waals surface area contributed by atoms with Gasteiger partial charge in [0.25, 0.3) is 17.3 Å². The van der Waals surface area contributed by atoms with Gasteiger partial charge in [0, 0.05) is 43.4 Å². The van der Waals surface area contributed by atoms with Gasteiger partial charge in [-0.15, -0.1) is 0 Å². The summed E-state index contributed by atoms with van der Waals surface area (Å²) in [7, 11) is 3.38. The van der Waals surface area contributed by atoms with Crippen molar-refractivity contribution in [2.75, 3.05) is 19.0 Å². The quantitative estimate of drug-likeness (QED) is 0.479. The van der Waals surface area contributed by atoms with Gasteiger partial charge in [0.2, 0.25) is 0 Å². The number of amides is 1. The lowest BCUT2D eigenvalue weighted by atomic mass is 10.2. The van der Waals surface area contributed by atoms with E-state index in [0.29, 0.717) is 11.3 Å². The number of nitrogens with one attached hydrogen (secondary N) is 1. The monoisotopic (exact) mass is 357 g/mol. The number of non-ortho nitro benzene ring substituents is 1. The SMILES string of the molecule is CN(C)c1ccc(/C=N\NC(=O)c2cccc([N+](=O)[O-])c2)cc1[N+](=O)[O-]. The molecule has 0 aliphatic heterocycles. The van der Waals surface area contributed by atoms with E-state index in [2.05, 4.69) is 10.5 Å². The molecular formula is C16H15N5O5. The number of nitro groups is 2. The van der Waals surface area contributed by atoms with E-state index in [0.717, 1.165) is 6.07 Å². The van der Waals surface area contributed by atoms with Crippen LogP contribution < -0.4 is 10.3 Å². The van der Waals surface area contributed by atoms with Crippen molar-refractivity contribution in [3.8, 4) is 0 Å². The number of nitrogens with zero attached hydrogens (tertiary/aromatic N) is 4. The van der Waals surface area contributed by atoms with E-state index < -0.39 is 15.8 Å².